The van der Waals surface area contributed by atoms with Crippen molar-refractivity contribution >= 4 is 23.4 Å². The van der Waals surface area contributed by atoms with E-state index in [1.807, 2.05) is 43.3 Å². The van der Waals surface area contributed by atoms with Crippen molar-refractivity contribution in [2.24, 2.45) is 0 Å². The lowest BCUT2D eigenvalue weighted by Gasteiger charge is -2.12. The quantitative estimate of drug-likeness (QED) is 0.446. The molecule has 0 amide bonds. The topological polar surface area (TPSA) is 68.3 Å². The molecule has 0 spiro atoms. The van der Waals surface area contributed by atoms with Gasteiger partial charge < -0.3 is 20.1 Å². The fourth-order valence-electron chi connectivity index (χ4n) is 3.49. The third-order valence-electron chi connectivity index (χ3n) is 5.05. The number of fused-ring (bicyclic) bond motifs is 1. The molecule has 0 atom stereocenters. The van der Waals surface area contributed by atoms with Crippen molar-refractivity contribution in [2.45, 2.75) is 13.3 Å². The van der Waals surface area contributed by atoms with Gasteiger partial charge in [-0.1, -0.05) is 36.4 Å². The van der Waals surface area contributed by atoms with Gasteiger partial charge in [-0.25, -0.2) is 9.37 Å². The van der Waals surface area contributed by atoms with Gasteiger partial charge in [0.25, 0.3) is 0 Å². The molecule has 0 radical (unpaired) electrons. The van der Waals surface area contributed by atoms with Gasteiger partial charge in [-0.05, 0) is 42.7 Å². The molecule has 0 saturated heterocycles. The third kappa shape index (κ3) is 4.95. The van der Waals surface area contributed by atoms with E-state index in [4.69, 9.17) is 9.47 Å². The number of hydrogen-bond donors (Lipinski definition) is 2. The first-order valence-electron chi connectivity index (χ1n) is 10.3. The monoisotopic (exact) mass is 432 g/mol. The highest BCUT2D eigenvalue weighted by Gasteiger charge is 2.18. The lowest BCUT2D eigenvalue weighted by molar-refractivity contribution is 0.203. The summed E-state index contributed by atoms with van der Waals surface area (Å²) in [6.45, 7) is 7.31. The van der Waals surface area contributed by atoms with E-state index >= 15 is 0 Å². The van der Waals surface area contributed by atoms with E-state index in [0.29, 0.717) is 24.7 Å². The molecule has 3 aromatic rings. The molecule has 1 aliphatic carbocycles. The van der Waals surface area contributed by atoms with E-state index in [1.54, 1.807) is 25.4 Å². The maximum absolute atomic E-state index is 14.9. The van der Waals surface area contributed by atoms with Crippen LogP contribution in [0, 0.1) is 5.82 Å². The van der Waals surface area contributed by atoms with E-state index in [2.05, 4.69) is 27.2 Å². The van der Waals surface area contributed by atoms with Crippen LogP contribution in [-0.4, -0.2) is 30.2 Å². The highest BCUT2D eigenvalue weighted by atomic mass is 19.1. The molecule has 0 saturated carbocycles. The summed E-state index contributed by atoms with van der Waals surface area (Å²) in [5.74, 6) is 0.358. The molecule has 32 heavy (non-hydrogen) atoms. The smallest absolute Gasteiger partial charge is 0.230 e. The van der Waals surface area contributed by atoms with E-state index in [1.165, 1.54) is 0 Å². The van der Waals surface area contributed by atoms with Gasteiger partial charge in [-0.15, -0.1) is 0 Å². The molecule has 1 aromatic heterocycles. The van der Waals surface area contributed by atoms with Gasteiger partial charge in [0, 0.05) is 42.9 Å². The van der Waals surface area contributed by atoms with Crippen LogP contribution in [0.4, 0.5) is 16.0 Å². The van der Waals surface area contributed by atoms with Crippen LogP contribution >= 0.6 is 0 Å². The van der Waals surface area contributed by atoms with E-state index in [9.17, 15) is 4.39 Å². The summed E-state index contributed by atoms with van der Waals surface area (Å²) in [7, 11) is 1.66. The number of anilines is 2. The zero-order valence-corrected chi connectivity index (χ0v) is 18.1. The minimum atomic E-state index is -0.375. The highest BCUT2D eigenvalue weighted by molar-refractivity contribution is 5.68. The van der Waals surface area contributed by atoms with E-state index in [-0.39, 0.29) is 17.4 Å². The zero-order chi connectivity index (χ0) is 22.5. The fraction of sp³-hybridized carbons (Fsp3) is 0.200. The van der Waals surface area contributed by atoms with Crippen LogP contribution in [0.25, 0.3) is 11.8 Å². The van der Waals surface area contributed by atoms with E-state index < -0.39 is 0 Å². The van der Waals surface area contributed by atoms with Crippen molar-refractivity contribution < 1.29 is 13.9 Å². The van der Waals surface area contributed by atoms with Gasteiger partial charge in [0.05, 0.1) is 6.61 Å². The van der Waals surface area contributed by atoms with Gasteiger partial charge in [-0.2, -0.15) is 4.98 Å². The van der Waals surface area contributed by atoms with Crippen LogP contribution < -0.4 is 15.4 Å². The first-order valence-corrected chi connectivity index (χ1v) is 10.3. The predicted molar refractivity (Wildman–Crippen MR) is 124 cm³/mol. The molecule has 2 N–H and O–H groups in total. The Kier molecular flexibility index (Phi) is 6.47. The molecule has 0 aliphatic heterocycles. The Labute approximate surface area is 186 Å². The minimum absolute atomic E-state index is 0.139. The third-order valence-corrected chi connectivity index (χ3v) is 5.05. The molecule has 1 heterocycles. The van der Waals surface area contributed by atoms with Gasteiger partial charge in [0.15, 0.2) is 11.6 Å². The van der Waals surface area contributed by atoms with Crippen LogP contribution in [0.15, 0.2) is 60.8 Å². The largest absolute Gasteiger partial charge is 0.436 e. The molecular formula is C25H25FN4O2. The number of ether oxygens (including phenoxy) is 2. The summed E-state index contributed by atoms with van der Waals surface area (Å²) >= 11 is 0. The Bertz CT molecular complexity index is 1180. The lowest BCUT2D eigenvalue weighted by atomic mass is 10.1. The van der Waals surface area contributed by atoms with Crippen molar-refractivity contribution in [3.8, 4) is 11.6 Å². The number of hydrogen-bond acceptors (Lipinski definition) is 6. The molecular weight excluding hydrogens is 407 g/mol. The number of rotatable bonds is 9. The SMILES string of the molecule is C=C(NCCOC)c1cccc(Nc2nccc(Oc3ccc4c(c3F)C=C(C)C4)n2)c1. The molecule has 164 valence electrons. The number of halogens is 1. The fourth-order valence-corrected chi connectivity index (χ4v) is 3.49. The lowest BCUT2D eigenvalue weighted by Crippen LogP contribution is -2.17. The summed E-state index contributed by atoms with van der Waals surface area (Å²) in [5.41, 5.74) is 5.20. The Morgan fingerprint density at radius 3 is 2.94 bits per heavy atom. The first-order chi connectivity index (χ1) is 15.5. The average Bonchev–Trinajstić information content (AvgIpc) is 3.17. The summed E-state index contributed by atoms with van der Waals surface area (Å²) in [5, 5.41) is 6.37. The molecule has 7 heteroatoms. The van der Waals surface area contributed by atoms with E-state index in [0.717, 1.165) is 34.5 Å². The summed E-state index contributed by atoms with van der Waals surface area (Å²) in [6.07, 6.45) is 4.19. The molecule has 0 fully saturated rings. The summed E-state index contributed by atoms with van der Waals surface area (Å²) in [4.78, 5) is 8.61. The molecule has 0 unspecified atom stereocenters. The van der Waals surface area contributed by atoms with Crippen LogP contribution in [0.1, 0.15) is 23.6 Å². The molecule has 1 aliphatic rings. The van der Waals surface area contributed by atoms with Gasteiger partial charge in [-0.3, -0.25) is 0 Å². The summed E-state index contributed by atoms with van der Waals surface area (Å²) < 4.78 is 25.6. The second-order valence-corrected chi connectivity index (χ2v) is 7.54. The molecule has 0 bridgehead atoms. The van der Waals surface area contributed by atoms with Crippen molar-refractivity contribution in [1.82, 2.24) is 15.3 Å². The number of benzene rings is 2. The Balaban J connectivity index is 1.47. The number of methoxy groups -OCH3 is 1. The zero-order valence-electron chi connectivity index (χ0n) is 18.1. The van der Waals surface area contributed by atoms with Crippen molar-refractivity contribution in [3.05, 3.63) is 83.3 Å². The number of allylic oxidation sites excluding steroid dienone is 1. The van der Waals surface area contributed by atoms with Gasteiger partial charge in [0.2, 0.25) is 11.8 Å². The maximum atomic E-state index is 14.9. The Morgan fingerprint density at radius 2 is 2.09 bits per heavy atom. The standard InChI is InChI=1S/C25H25FN4O2/c1-16-13-19-7-8-22(24(26)21(19)14-16)32-23-9-10-28-25(30-23)29-20-6-4-5-18(15-20)17(2)27-11-12-31-3/h4-10,14-15,27H,2,11-13H2,1,3H3,(H,28,29,30). The maximum Gasteiger partial charge on any atom is 0.230 e. The van der Waals surface area contributed by atoms with Crippen LogP contribution in [-0.2, 0) is 11.2 Å². The van der Waals surface area contributed by atoms with Crippen molar-refractivity contribution in [1.29, 1.82) is 0 Å². The predicted octanol–water partition coefficient (Wildman–Crippen LogP) is 5.32. The number of aromatic nitrogens is 2. The Morgan fingerprint density at radius 1 is 1.22 bits per heavy atom. The van der Waals surface area contributed by atoms with Crippen LogP contribution in [0.2, 0.25) is 0 Å². The van der Waals surface area contributed by atoms with Crippen LogP contribution in [0.5, 0.6) is 11.6 Å². The van der Waals surface area contributed by atoms with Crippen molar-refractivity contribution in [2.75, 3.05) is 25.6 Å². The second-order valence-electron chi connectivity index (χ2n) is 7.54. The number of nitrogens with zero attached hydrogens (tertiary/aromatic N) is 2. The normalized spacial score (nSPS) is 12.2. The van der Waals surface area contributed by atoms with Gasteiger partial charge >= 0.3 is 0 Å². The summed E-state index contributed by atoms with van der Waals surface area (Å²) in [6, 6.07) is 12.8. The minimum Gasteiger partial charge on any atom is -0.436 e. The average molecular weight is 432 g/mol. The molecule has 6 nitrogen and oxygen atoms in total. The van der Waals surface area contributed by atoms with Crippen molar-refractivity contribution in [3.63, 3.8) is 0 Å². The highest BCUT2D eigenvalue weighted by Crippen LogP contribution is 2.34. The number of nitrogens with one attached hydrogen (secondary N) is 2. The van der Waals surface area contributed by atoms with Gasteiger partial charge in [0.1, 0.15) is 0 Å². The van der Waals surface area contributed by atoms with Crippen LogP contribution in [0.3, 0.4) is 0 Å². The second kappa shape index (κ2) is 9.62. The first kappa shape index (κ1) is 21.5. The molecule has 2 aromatic carbocycles. The molecule has 4 rings (SSSR count). The Hall–Kier alpha value is -3.71.